The van der Waals surface area contributed by atoms with E-state index in [9.17, 15) is 14.7 Å². The molecular formula is C20H21N3O4. The summed E-state index contributed by atoms with van der Waals surface area (Å²) in [4.78, 5) is 31.1. The van der Waals surface area contributed by atoms with Crippen LogP contribution in [-0.4, -0.2) is 53.6 Å². The van der Waals surface area contributed by atoms with Crippen LogP contribution in [0.4, 0.5) is 5.82 Å². The molecule has 3 heterocycles. The smallest absolute Gasteiger partial charge is 0.312 e. The maximum Gasteiger partial charge on any atom is 0.312 e. The molecule has 1 aromatic heterocycles. The van der Waals surface area contributed by atoms with Crippen molar-refractivity contribution in [1.29, 1.82) is 0 Å². The third-order valence-electron chi connectivity index (χ3n) is 5.59. The van der Waals surface area contributed by atoms with E-state index in [4.69, 9.17) is 4.74 Å². The zero-order valence-electron chi connectivity index (χ0n) is 15.0. The SMILES string of the molecule is CNc1cc(C(=O)N2C[C@@H]3COc4ccccc4C[C@]3(C(=O)O)C2)ccn1. The van der Waals surface area contributed by atoms with Crippen LogP contribution < -0.4 is 10.1 Å². The highest BCUT2D eigenvalue weighted by Gasteiger charge is 2.55. The Hall–Kier alpha value is -3.09. The van der Waals surface area contributed by atoms with Gasteiger partial charge in [-0.3, -0.25) is 9.59 Å². The standard InChI is InChI=1S/C20H21N3O4/c1-21-17-8-13(6-7-22-17)18(24)23-10-15-11-27-16-5-3-2-4-14(16)9-20(15,12-23)19(25)26/h2-8,15H,9-12H2,1H3,(H,21,22)(H,25,26)/t15-,20+/m1/s1. The van der Waals surface area contributed by atoms with Crippen molar-refractivity contribution in [2.24, 2.45) is 11.3 Å². The number of hydrogen-bond donors (Lipinski definition) is 2. The number of fused-ring (bicyclic) bond motifs is 2. The Balaban J connectivity index is 1.65. The van der Waals surface area contributed by atoms with Crippen LogP contribution in [0, 0.1) is 11.3 Å². The van der Waals surface area contributed by atoms with Gasteiger partial charge in [-0.15, -0.1) is 0 Å². The van der Waals surface area contributed by atoms with Gasteiger partial charge in [-0.25, -0.2) is 4.98 Å². The van der Waals surface area contributed by atoms with Crippen molar-refractivity contribution < 1.29 is 19.4 Å². The Labute approximate surface area is 157 Å². The van der Waals surface area contributed by atoms with E-state index in [2.05, 4.69) is 10.3 Å². The van der Waals surface area contributed by atoms with E-state index in [1.807, 2.05) is 24.3 Å². The molecule has 1 aromatic carbocycles. The van der Waals surface area contributed by atoms with E-state index >= 15 is 0 Å². The third kappa shape index (κ3) is 2.89. The zero-order chi connectivity index (χ0) is 19.0. The average Bonchev–Trinajstić information content (AvgIpc) is 2.98. The van der Waals surface area contributed by atoms with E-state index in [-0.39, 0.29) is 25.0 Å². The number of carbonyl (C=O) groups excluding carboxylic acids is 1. The minimum Gasteiger partial charge on any atom is -0.493 e. The first kappa shape index (κ1) is 17.3. The molecule has 7 heteroatoms. The van der Waals surface area contributed by atoms with Crippen LogP contribution in [0.1, 0.15) is 15.9 Å². The summed E-state index contributed by atoms with van der Waals surface area (Å²) in [7, 11) is 1.73. The van der Waals surface area contributed by atoms with Gasteiger partial charge in [0.2, 0.25) is 0 Å². The number of rotatable bonds is 3. The Morgan fingerprint density at radius 3 is 2.93 bits per heavy atom. The van der Waals surface area contributed by atoms with E-state index in [1.54, 1.807) is 30.3 Å². The van der Waals surface area contributed by atoms with Gasteiger partial charge in [-0.2, -0.15) is 0 Å². The lowest BCUT2D eigenvalue weighted by Crippen LogP contribution is -2.42. The van der Waals surface area contributed by atoms with Crippen LogP contribution in [0.3, 0.4) is 0 Å². The normalized spacial score (nSPS) is 23.6. The van der Waals surface area contributed by atoms with Gasteiger partial charge in [0, 0.05) is 37.8 Å². The molecule has 0 radical (unpaired) electrons. The summed E-state index contributed by atoms with van der Waals surface area (Å²) in [5.74, 6) is -0.000689. The van der Waals surface area contributed by atoms with Gasteiger partial charge >= 0.3 is 5.97 Å². The average molecular weight is 367 g/mol. The summed E-state index contributed by atoms with van der Waals surface area (Å²) in [5, 5.41) is 13.0. The van der Waals surface area contributed by atoms with Gasteiger partial charge in [0.25, 0.3) is 5.91 Å². The summed E-state index contributed by atoms with van der Waals surface area (Å²) in [5.41, 5.74) is 0.326. The number of carboxylic acids is 1. The molecule has 2 N–H and O–H groups in total. The van der Waals surface area contributed by atoms with Crippen molar-refractivity contribution in [2.75, 3.05) is 32.1 Å². The number of pyridine rings is 1. The lowest BCUT2D eigenvalue weighted by molar-refractivity contribution is -0.150. The molecule has 27 heavy (non-hydrogen) atoms. The Morgan fingerprint density at radius 1 is 1.33 bits per heavy atom. The van der Waals surface area contributed by atoms with Gasteiger partial charge in [0.15, 0.2) is 0 Å². The second-order valence-corrected chi connectivity index (χ2v) is 7.12. The van der Waals surface area contributed by atoms with Crippen molar-refractivity contribution in [3.05, 3.63) is 53.7 Å². The van der Waals surface area contributed by atoms with Crippen LogP contribution in [0.5, 0.6) is 5.75 Å². The second kappa shape index (κ2) is 6.57. The molecule has 0 bridgehead atoms. The molecule has 1 amide bonds. The molecule has 7 nitrogen and oxygen atoms in total. The van der Waals surface area contributed by atoms with Gasteiger partial charge in [-0.05, 0) is 30.2 Å². The van der Waals surface area contributed by atoms with Crippen LogP contribution >= 0.6 is 0 Å². The second-order valence-electron chi connectivity index (χ2n) is 7.12. The molecule has 0 spiro atoms. The number of benzene rings is 1. The Kier molecular flexibility index (Phi) is 4.22. The molecule has 0 saturated carbocycles. The minimum atomic E-state index is -1.04. The first-order chi connectivity index (χ1) is 13.0. The lowest BCUT2D eigenvalue weighted by atomic mass is 9.74. The number of nitrogens with one attached hydrogen (secondary N) is 1. The fraction of sp³-hybridized carbons (Fsp3) is 0.350. The highest BCUT2D eigenvalue weighted by molar-refractivity contribution is 5.95. The number of amides is 1. The van der Waals surface area contributed by atoms with E-state index in [1.165, 1.54) is 0 Å². The third-order valence-corrected chi connectivity index (χ3v) is 5.59. The topological polar surface area (TPSA) is 91.8 Å². The van der Waals surface area contributed by atoms with E-state index in [0.717, 1.165) is 11.3 Å². The van der Waals surface area contributed by atoms with Crippen molar-refractivity contribution >= 4 is 17.7 Å². The number of hydrogen-bond acceptors (Lipinski definition) is 5. The fourth-order valence-electron chi connectivity index (χ4n) is 4.06. The maximum atomic E-state index is 13.0. The number of carbonyl (C=O) groups is 2. The monoisotopic (exact) mass is 367 g/mol. The molecule has 1 saturated heterocycles. The quantitative estimate of drug-likeness (QED) is 0.861. The highest BCUT2D eigenvalue weighted by atomic mass is 16.5. The Morgan fingerprint density at radius 2 is 2.15 bits per heavy atom. The first-order valence-electron chi connectivity index (χ1n) is 8.91. The molecule has 2 atom stereocenters. The van der Waals surface area contributed by atoms with E-state index < -0.39 is 11.4 Å². The van der Waals surface area contributed by atoms with Crippen LogP contribution in [-0.2, 0) is 11.2 Å². The molecule has 2 aliphatic rings. The fourth-order valence-corrected chi connectivity index (χ4v) is 4.06. The number of aliphatic carboxylic acids is 1. The first-order valence-corrected chi connectivity index (χ1v) is 8.91. The molecule has 2 aliphatic heterocycles. The van der Waals surface area contributed by atoms with Gasteiger partial charge < -0.3 is 20.1 Å². The highest BCUT2D eigenvalue weighted by Crippen LogP contribution is 2.44. The summed E-state index contributed by atoms with van der Waals surface area (Å²) in [6.45, 7) is 0.808. The minimum absolute atomic E-state index is 0.167. The predicted octanol–water partition coefficient (Wildman–Crippen LogP) is 1.90. The number of para-hydroxylation sites is 1. The summed E-state index contributed by atoms with van der Waals surface area (Å²) >= 11 is 0. The molecular weight excluding hydrogens is 346 g/mol. The number of likely N-dealkylation sites (tertiary alicyclic amines) is 1. The molecule has 2 aromatic rings. The van der Waals surface area contributed by atoms with Crippen molar-refractivity contribution in [1.82, 2.24) is 9.88 Å². The zero-order valence-corrected chi connectivity index (χ0v) is 15.0. The maximum absolute atomic E-state index is 13.0. The largest absolute Gasteiger partial charge is 0.493 e. The number of nitrogens with zero attached hydrogens (tertiary/aromatic N) is 2. The summed E-state index contributed by atoms with van der Waals surface area (Å²) in [6.07, 6.45) is 1.92. The number of carboxylic acid groups (broad SMARTS) is 1. The molecule has 4 rings (SSSR count). The molecule has 140 valence electrons. The predicted molar refractivity (Wildman–Crippen MR) is 98.9 cm³/mol. The van der Waals surface area contributed by atoms with Crippen LogP contribution in [0.15, 0.2) is 42.6 Å². The van der Waals surface area contributed by atoms with Crippen molar-refractivity contribution in [3.63, 3.8) is 0 Å². The van der Waals surface area contributed by atoms with Gasteiger partial charge in [0.05, 0.1) is 12.0 Å². The summed E-state index contributed by atoms with van der Waals surface area (Å²) in [6, 6.07) is 10.9. The summed E-state index contributed by atoms with van der Waals surface area (Å²) < 4.78 is 5.89. The van der Waals surface area contributed by atoms with Crippen molar-refractivity contribution in [2.45, 2.75) is 6.42 Å². The molecule has 0 unspecified atom stereocenters. The lowest BCUT2D eigenvalue weighted by Gasteiger charge is -2.27. The molecule has 1 fully saturated rings. The molecule has 0 aliphatic carbocycles. The number of anilines is 1. The van der Waals surface area contributed by atoms with Crippen molar-refractivity contribution in [3.8, 4) is 5.75 Å². The number of ether oxygens (including phenoxy) is 1. The van der Waals surface area contributed by atoms with E-state index in [0.29, 0.717) is 24.3 Å². The van der Waals surface area contributed by atoms with Crippen LogP contribution in [0.25, 0.3) is 0 Å². The van der Waals surface area contributed by atoms with Gasteiger partial charge in [0.1, 0.15) is 11.6 Å². The number of aromatic nitrogens is 1. The van der Waals surface area contributed by atoms with Crippen LogP contribution in [0.2, 0.25) is 0 Å². The van der Waals surface area contributed by atoms with Gasteiger partial charge in [-0.1, -0.05) is 18.2 Å². The Bertz CT molecular complexity index is 900.